The molecule has 0 bridgehead atoms. The van der Waals surface area contributed by atoms with Crippen LogP contribution < -0.4 is 5.32 Å². The van der Waals surface area contributed by atoms with Gasteiger partial charge in [0.05, 0.1) is 10.5 Å². The number of alkyl halides is 1. The van der Waals surface area contributed by atoms with Crippen molar-refractivity contribution >= 4 is 27.3 Å². The minimum atomic E-state index is -2.96. The van der Waals surface area contributed by atoms with Gasteiger partial charge < -0.3 is 5.32 Å². The summed E-state index contributed by atoms with van der Waals surface area (Å²) >= 11 is 5.69. The molecule has 6 heteroatoms. The summed E-state index contributed by atoms with van der Waals surface area (Å²) in [5.41, 5.74) is 0. The molecule has 1 saturated heterocycles. The van der Waals surface area contributed by atoms with Crippen molar-refractivity contribution in [3.05, 3.63) is 0 Å². The van der Waals surface area contributed by atoms with Crippen LogP contribution in [0.15, 0.2) is 0 Å². The summed E-state index contributed by atoms with van der Waals surface area (Å²) in [6.45, 7) is 1.62. The highest BCUT2D eigenvalue weighted by Gasteiger charge is 2.52. The van der Waals surface area contributed by atoms with Crippen LogP contribution in [0.1, 0.15) is 39.0 Å². The van der Waals surface area contributed by atoms with Crippen LogP contribution in [0.5, 0.6) is 0 Å². The number of carbonyl (C=O) groups excluding carboxylic acids is 1. The molecule has 98 valence electrons. The standard InChI is InChI=1S/C11H18ClNO3S/c1-8(12)10(14)13-9-3-6-17(15,16)11(7-9)4-2-5-11/h8-9H,2-7H2,1H3,(H,13,14). The Labute approximate surface area is 107 Å². The number of hydrogen-bond donors (Lipinski definition) is 1. The van der Waals surface area contributed by atoms with Crippen LogP contribution >= 0.6 is 11.6 Å². The van der Waals surface area contributed by atoms with Crippen molar-refractivity contribution in [1.82, 2.24) is 5.32 Å². The van der Waals surface area contributed by atoms with Gasteiger partial charge in [0.2, 0.25) is 5.91 Å². The van der Waals surface area contributed by atoms with E-state index in [2.05, 4.69) is 5.32 Å². The molecule has 2 unspecified atom stereocenters. The van der Waals surface area contributed by atoms with Crippen LogP contribution in [0, 0.1) is 0 Å². The molecule has 4 nitrogen and oxygen atoms in total. The van der Waals surface area contributed by atoms with E-state index in [0.29, 0.717) is 12.8 Å². The van der Waals surface area contributed by atoms with Crippen molar-refractivity contribution in [2.24, 2.45) is 0 Å². The number of carbonyl (C=O) groups is 1. The number of halogens is 1. The molecule has 1 spiro atoms. The predicted molar refractivity (Wildman–Crippen MR) is 66.8 cm³/mol. The molecular weight excluding hydrogens is 262 g/mol. The van der Waals surface area contributed by atoms with Crippen molar-refractivity contribution in [2.45, 2.75) is 55.2 Å². The molecule has 1 amide bonds. The van der Waals surface area contributed by atoms with Crippen LogP contribution in [0.4, 0.5) is 0 Å². The molecule has 2 rings (SSSR count). The van der Waals surface area contributed by atoms with E-state index in [4.69, 9.17) is 11.6 Å². The van der Waals surface area contributed by atoms with Gasteiger partial charge in [0.1, 0.15) is 5.38 Å². The first-order chi connectivity index (χ1) is 7.86. The monoisotopic (exact) mass is 279 g/mol. The van der Waals surface area contributed by atoms with Gasteiger partial charge in [-0.05, 0) is 32.6 Å². The van der Waals surface area contributed by atoms with Gasteiger partial charge in [-0.25, -0.2) is 8.42 Å². The summed E-state index contributed by atoms with van der Waals surface area (Å²) in [5.74, 6) is -0.0142. The van der Waals surface area contributed by atoms with E-state index in [1.54, 1.807) is 6.92 Å². The molecule has 1 aliphatic carbocycles. The summed E-state index contributed by atoms with van der Waals surface area (Å²) in [4.78, 5) is 11.5. The second kappa shape index (κ2) is 4.43. The summed E-state index contributed by atoms with van der Waals surface area (Å²) < 4.78 is 23.5. The van der Waals surface area contributed by atoms with E-state index in [-0.39, 0.29) is 17.7 Å². The largest absolute Gasteiger partial charge is 0.352 e. The maximum Gasteiger partial charge on any atom is 0.237 e. The van der Waals surface area contributed by atoms with Gasteiger partial charge in [-0.1, -0.05) is 6.42 Å². The van der Waals surface area contributed by atoms with Gasteiger partial charge in [-0.15, -0.1) is 11.6 Å². The van der Waals surface area contributed by atoms with Crippen LogP contribution in [0.2, 0.25) is 0 Å². The van der Waals surface area contributed by atoms with E-state index < -0.39 is 20.0 Å². The molecule has 1 N–H and O–H groups in total. The fraction of sp³-hybridized carbons (Fsp3) is 0.909. The Morgan fingerprint density at radius 3 is 2.59 bits per heavy atom. The number of amides is 1. The Balaban J connectivity index is 2.03. The Kier molecular flexibility index (Phi) is 3.42. The van der Waals surface area contributed by atoms with Gasteiger partial charge in [-0.2, -0.15) is 0 Å². The molecule has 2 atom stereocenters. The second-order valence-electron chi connectivity index (χ2n) is 5.17. The lowest BCUT2D eigenvalue weighted by Crippen LogP contribution is -2.56. The molecular formula is C11H18ClNO3S. The molecule has 0 aromatic carbocycles. The van der Waals surface area contributed by atoms with Crippen molar-refractivity contribution in [3.63, 3.8) is 0 Å². The van der Waals surface area contributed by atoms with Gasteiger partial charge in [-0.3, -0.25) is 4.79 Å². The first-order valence-electron chi connectivity index (χ1n) is 6.03. The first-order valence-corrected chi connectivity index (χ1v) is 8.12. The van der Waals surface area contributed by atoms with Crippen molar-refractivity contribution in [2.75, 3.05) is 5.75 Å². The van der Waals surface area contributed by atoms with Crippen LogP contribution in [0.25, 0.3) is 0 Å². The number of sulfone groups is 1. The minimum absolute atomic E-state index is 0.0347. The molecule has 1 aliphatic heterocycles. The number of nitrogens with one attached hydrogen (secondary N) is 1. The van der Waals surface area contributed by atoms with Gasteiger partial charge in [0.25, 0.3) is 0 Å². The summed E-state index contributed by atoms with van der Waals surface area (Å²) in [7, 11) is -2.96. The van der Waals surface area contributed by atoms with Crippen molar-refractivity contribution in [3.8, 4) is 0 Å². The van der Waals surface area contributed by atoms with E-state index in [9.17, 15) is 13.2 Å². The van der Waals surface area contributed by atoms with Gasteiger partial charge >= 0.3 is 0 Å². The average molecular weight is 280 g/mol. The van der Waals surface area contributed by atoms with Crippen molar-refractivity contribution in [1.29, 1.82) is 0 Å². The van der Waals surface area contributed by atoms with E-state index in [1.165, 1.54) is 0 Å². The normalized spacial score (nSPS) is 31.5. The fourth-order valence-electron chi connectivity index (χ4n) is 2.72. The molecule has 2 fully saturated rings. The maximum atomic E-state index is 12.0. The van der Waals surface area contributed by atoms with E-state index >= 15 is 0 Å². The maximum absolute atomic E-state index is 12.0. The quantitative estimate of drug-likeness (QED) is 0.774. The zero-order chi connectivity index (χ0) is 12.7. The Hall–Kier alpha value is -0.290. The molecule has 1 heterocycles. The molecule has 17 heavy (non-hydrogen) atoms. The third-order valence-corrected chi connectivity index (χ3v) is 6.85. The number of hydrogen-bond acceptors (Lipinski definition) is 3. The lowest BCUT2D eigenvalue weighted by Gasteiger charge is -2.46. The molecule has 2 aliphatic rings. The average Bonchev–Trinajstić information content (AvgIpc) is 2.17. The van der Waals surface area contributed by atoms with E-state index in [0.717, 1.165) is 19.3 Å². The Morgan fingerprint density at radius 2 is 2.12 bits per heavy atom. The first kappa shape index (κ1) is 13.1. The lowest BCUT2D eigenvalue weighted by atomic mass is 9.79. The minimum Gasteiger partial charge on any atom is -0.352 e. The Bertz CT molecular complexity index is 414. The van der Waals surface area contributed by atoms with Crippen LogP contribution in [-0.2, 0) is 14.6 Å². The van der Waals surface area contributed by atoms with Crippen LogP contribution in [0.3, 0.4) is 0 Å². The lowest BCUT2D eigenvalue weighted by molar-refractivity contribution is -0.121. The van der Waals surface area contributed by atoms with Crippen LogP contribution in [-0.4, -0.2) is 36.2 Å². The summed E-state index contributed by atoms with van der Waals surface area (Å²) in [6.07, 6.45) is 3.55. The summed E-state index contributed by atoms with van der Waals surface area (Å²) in [6, 6.07) is -0.0347. The highest BCUT2D eigenvalue weighted by molar-refractivity contribution is 7.92. The summed E-state index contributed by atoms with van der Waals surface area (Å²) in [5, 5.41) is 2.28. The zero-order valence-corrected chi connectivity index (χ0v) is 11.5. The third-order valence-electron chi connectivity index (χ3n) is 3.99. The van der Waals surface area contributed by atoms with Gasteiger partial charge in [0, 0.05) is 6.04 Å². The molecule has 0 aromatic rings. The predicted octanol–water partition coefficient (Wildman–Crippen LogP) is 1.23. The second-order valence-corrected chi connectivity index (χ2v) is 8.33. The highest BCUT2D eigenvalue weighted by Crippen LogP contribution is 2.46. The molecule has 0 aromatic heterocycles. The zero-order valence-electron chi connectivity index (χ0n) is 9.91. The van der Waals surface area contributed by atoms with Crippen molar-refractivity contribution < 1.29 is 13.2 Å². The number of rotatable bonds is 2. The third kappa shape index (κ3) is 2.32. The smallest absolute Gasteiger partial charge is 0.237 e. The molecule has 0 radical (unpaired) electrons. The fourth-order valence-corrected chi connectivity index (χ4v) is 5.17. The van der Waals surface area contributed by atoms with E-state index in [1.807, 2.05) is 0 Å². The molecule has 1 saturated carbocycles. The highest BCUT2D eigenvalue weighted by atomic mass is 35.5. The SMILES string of the molecule is CC(Cl)C(=O)NC1CCS(=O)(=O)C2(CCC2)C1. The topological polar surface area (TPSA) is 63.2 Å². The van der Waals surface area contributed by atoms with Gasteiger partial charge in [0.15, 0.2) is 9.84 Å². The Morgan fingerprint density at radius 1 is 1.47 bits per heavy atom.